The van der Waals surface area contributed by atoms with E-state index in [1.54, 1.807) is 6.92 Å². The summed E-state index contributed by atoms with van der Waals surface area (Å²) in [5, 5.41) is 13.9. The van der Waals surface area contributed by atoms with Gasteiger partial charge in [0.05, 0.1) is 18.6 Å². The number of likely N-dealkylation sites (tertiary alicyclic amines) is 1. The zero-order valence-electron chi connectivity index (χ0n) is 14.7. The van der Waals surface area contributed by atoms with Crippen LogP contribution in [0.4, 0.5) is 11.4 Å². The number of nitrogens with zero attached hydrogens (tertiary/aromatic N) is 2. The molecule has 7 nitrogen and oxygen atoms in total. The molecule has 7 heteroatoms. The first-order valence-electron chi connectivity index (χ1n) is 8.15. The summed E-state index contributed by atoms with van der Waals surface area (Å²) in [5.74, 6) is 1.20. The second kappa shape index (κ2) is 7.61. The Morgan fingerprint density at radius 2 is 2.00 bits per heavy atom. The highest BCUT2D eigenvalue weighted by Crippen LogP contribution is 2.32. The van der Waals surface area contributed by atoms with Crippen molar-refractivity contribution in [1.82, 2.24) is 4.90 Å². The number of hydrogen-bond acceptors (Lipinski definition) is 5. The number of methoxy groups -OCH3 is 1. The van der Waals surface area contributed by atoms with Crippen molar-refractivity contribution < 1.29 is 14.5 Å². The molecule has 0 unspecified atom stereocenters. The van der Waals surface area contributed by atoms with E-state index >= 15 is 0 Å². The van der Waals surface area contributed by atoms with Crippen LogP contribution in [0.25, 0.3) is 0 Å². The normalized spacial score (nSPS) is 21.3. The fraction of sp³-hybridized carbons (Fsp3) is 0.588. The van der Waals surface area contributed by atoms with E-state index in [0.717, 1.165) is 13.1 Å². The van der Waals surface area contributed by atoms with E-state index in [2.05, 4.69) is 24.1 Å². The first kappa shape index (κ1) is 18.2. The van der Waals surface area contributed by atoms with Gasteiger partial charge in [-0.3, -0.25) is 19.8 Å². The maximum Gasteiger partial charge on any atom is 0.311 e. The van der Waals surface area contributed by atoms with Crippen molar-refractivity contribution in [2.45, 2.75) is 27.2 Å². The van der Waals surface area contributed by atoms with Gasteiger partial charge in [0.2, 0.25) is 5.91 Å². The van der Waals surface area contributed by atoms with E-state index in [9.17, 15) is 14.9 Å². The Morgan fingerprint density at radius 3 is 2.54 bits per heavy atom. The number of ether oxygens (including phenoxy) is 1. The maximum absolute atomic E-state index is 12.3. The summed E-state index contributed by atoms with van der Waals surface area (Å²) in [6, 6.07) is 2.92. The molecule has 0 saturated carbocycles. The van der Waals surface area contributed by atoms with Crippen LogP contribution in [0.3, 0.4) is 0 Å². The number of aryl methyl sites for hydroxylation is 1. The van der Waals surface area contributed by atoms with Gasteiger partial charge in [0, 0.05) is 30.9 Å². The lowest BCUT2D eigenvalue weighted by Gasteiger charge is -2.34. The predicted molar refractivity (Wildman–Crippen MR) is 92.4 cm³/mol. The molecule has 0 bridgehead atoms. The number of nitrogens with one attached hydrogen (secondary N) is 1. The van der Waals surface area contributed by atoms with Crippen molar-refractivity contribution >= 4 is 17.3 Å². The van der Waals surface area contributed by atoms with Gasteiger partial charge in [-0.25, -0.2) is 0 Å². The Labute approximate surface area is 142 Å². The van der Waals surface area contributed by atoms with Crippen molar-refractivity contribution in [3.8, 4) is 5.75 Å². The van der Waals surface area contributed by atoms with Crippen LogP contribution >= 0.6 is 0 Å². The van der Waals surface area contributed by atoms with E-state index in [0.29, 0.717) is 29.6 Å². The molecule has 2 rings (SSSR count). The maximum atomic E-state index is 12.3. The molecule has 24 heavy (non-hydrogen) atoms. The largest absolute Gasteiger partial charge is 0.490 e. The third kappa shape index (κ3) is 4.44. The average Bonchev–Trinajstić information content (AvgIpc) is 2.47. The molecule has 1 aromatic carbocycles. The zero-order valence-corrected chi connectivity index (χ0v) is 14.7. The highest BCUT2D eigenvalue weighted by atomic mass is 16.6. The van der Waals surface area contributed by atoms with Crippen LogP contribution in [0.5, 0.6) is 5.75 Å². The van der Waals surface area contributed by atoms with Gasteiger partial charge in [0.15, 0.2) is 5.75 Å². The molecule has 0 aromatic heterocycles. The number of rotatable bonds is 5. The number of benzene rings is 1. The van der Waals surface area contributed by atoms with E-state index in [1.165, 1.54) is 25.7 Å². The van der Waals surface area contributed by atoms with E-state index in [4.69, 9.17) is 4.74 Å². The minimum absolute atomic E-state index is 0.105. The molecule has 0 aliphatic carbocycles. The third-order valence-electron chi connectivity index (χ3n) is 4.31. The number of hydrogen-bond donors (Lipinski definition) is 1. The second-order valence-corrected chi connectivity index (χ2v) is 6.78. The molecular formula is C17H25N3O4. The average molecular weight is 335 g/mol. The van der Waals surface area contributed by atoms with Gasteiger partial charge in [0.25, 0.3) is 0 Å². The highest BCUT2D eigenvalue weighted by Gasteiger charge is 2.24. The SMILES string of the molecule is COc1cc(NC(=O)CN2C[C@H](C)C[C@H](C)C2)c(C)cc1[N+](=O)[O-]. The summed E-state index contributed by atoms with van der Waals surface area (Å²) in [4.78, 5) is 25.0. The monoisotopic (exact) mass is 335 g/mol. The molecule has 2 atom stereocenters. The van der Waals surface area contributed by atoms with Crippen LogP contribution in [-0.4, -0.2) is 42.5 Å². The lowest BCUT2D eigenvalue weighted by atomic mass is 9.92. The molecular weight excluding hydrogens is 310 g/mol. The van der Waals surface area contributed by atoms with Crippen molar-refractivity contribution in [2.75, 3.05) is 32.1 Å². The van der Waals surface area contributed by atoms with Gasteiger partial charge < -0.3 is 10.1 Å². The molecule has 1 saturated heterocycles. The van der Waals surface area contributed by atoms with Gasteiger partial charge >= 0.3 is 5.69 Å². The van der Waals surface area contributed by atoms with E-state index in [1.807, 2.05) is 0 Å². The number of carbonyl (C=O) groups excluding carboxylic acids is 1. The van der Waals surface area contributed by atoms with Crippen molar-refractivity contribution in [1.29, 1.82) is 0 Å². The van der Waals surface area contributed by atoms with Gasteiger partial charge in [-0.2, -0.15) is 0 Å². The van der Waals surface area contributed by atoms with Crippen molar-refractivity contribution in [3.63, 3.8) is 0 Å². The Morgan fingerprint density at radius 1 is 1.38 bits per heavy atom. The summed E-state index contributed by atoms with van der Waals surface area (Å²) in [6.07, 6.45) is 1.19. The molecule has 0 spiro atoms. The molecule has 1 aromatic rings. The van der Waals surface area contributed by atoms with Crippen LogP contribution in [0.15, 0.2) is 12.1 Å². The van der Waals surface area contributed by atoms with Crippen molar-refractivity contribution in [3.05, 3.63) is 27.8 Å². The van der Waals surface area contributed by atoms with Crippen LogP contribution in [0.2, 0.25) is 0 Å². The number of carbonyl (C=O) groups is 1. The van der Waals surface area contributed by atoms with Crippen molar-refractivity contribution in [2.24, 2.45) is 11.8 Å². The van der Waals surface area contributed by atoms with Gasteiger partial charge in [-0.05, 0) is 30.7 Å². The minimum atomic E-state index is -0.492. The Balaban J connectivity index is 2.07. The summed E-state index contributed by atoms with van der Waals surface area (Å²) in [6.45, 7) is 8.29. The fourth-order valence-electron chi connectivity index (χ4n) is 3.43. The molecule has 0 radical (unpaired) electrons. The summed E-state index contributed by atoms with van der Waals surface area (Å²) < 4.78 is 5.06. The lowest BCUT2D eigenvalue weighted by Crippen LogP contribution is -2.42. The fourth-order valence-corrected chi connectivity index (χ4v) is 3.43. The number of amides is 1. The Kier molecular flexibility index (Phi) is 5.77. The standard InChI is InChI=1S/C17H25N3O4/c1-11-5-12(2)9-19(8-11)10-17(21)18-14-7-16(24-4)15(20(22)23)6-13(14)3/h6-7,11-12H,5,8-10H2,1-4H3,(H,18,21)/t11-,12+. The summed E-state index contributed by atoms with van der Waals surface area (Å²) in [5.41, 5.74) is 1.07. The Bertz CT molecular complexity index is 623. The second-order valence-electron chi connectivity index (χ2n) is 6.78. The van der Waals surface area contributed by atoms with Crippen LogP contribution in [-0.2, 0) is 4.79 Å². The molecule has 1 aliphatic heterocycles. The molecule has 132 valence electrons. The minimum Gasteiger partial charge on any atom is -0.490 e. The van der Waals surface area contributed by atoms with Gasteiger partial charge in [-0.1, -0.05) is 13.8 Å². The molecule has 1 N–H and O–H groups in total. The van der Waals surface area contributed by atoms with Gasteiger partial charge in [-0.15, -0.1) is 0 Å². The van der Waals surface area contributed by atoms with Gasteiger partial charge in [0.1, 0.15) is 0 Å². The van der Waals surface area contributed by atoms with Crippen LogP contribution < -0.4 is 10.1 Å². The third-order valence-corrected chi connectivity index (χ3v) is 4.31. The predicted octanol–water partition coefficient (Wildman–Crippen LogP) is 2.83. The first-order valence-corrected chi connectivity index (χ1v) is 8.15. The molecule has 1 heterocycles. The summed E-state index contributed by atoms with van der Waals surface area (Å²) in [7, 11) is 1.37. The van der Waals surface area contributed by atoms with Crippen LogP contribution in [0.1, 0.15) is 25.8 Å². The lowest BCUT2D eigenvalue weighted by molar-refractivity contribution is -0.385. The Hall–Kier alpha value is -2.15. The smallest absolute Gasteiger partial charge is 0.311 e. The number of nitro benzene ring substituents is 1. The van der Waals surface area contributed by atoms with Crippen LogP contribution in [0, 0.1) is 28.9 Å². The quantitative estimate of drug-likeness (QED) is 0.660. The molecule has 1 aliphatic rings. The zero-order chi connectivity index (χ0) is 17.9. The number of anilines is 1. The first-order chi connectivity index (χ1) is 11.3. The summed E-state index contributed by atoms with van der Waals surface area (Å²) >= 11 is 0. The number of piperidine rings is 1. The molecule has 1 amide bonds. The van der Waals surface area contributed by atoms with E-state index < -0.39 is 4.92 Å². The number of nitro groups is 1. The topological polar surface area (TPSA) is 84.7 Å². The highest BCUT2D eigenvalue weighted by molar-refractivity contribution is 5.93. The van der Waals surface area contributed by atoms with E-state index in [-0.39, 0.29) is 17.3 Å². The molecule has 1 fully saturated rings.